The number of rotatable bonds is 4. The molecule has 0 bridgehead atoms. The second-order valence-corrected chi connectivity index (χ2v) is 7.12. The van der Waals surface area contributed by atoms with Crippen LogP contribution in [-0.2, 0) is 6.54 Å². The van der Waals surface area contributed by atoms with E-state index >= 15 is 0 Å². The lowest BCUT2D eigenvalue weighted by atomic mass is 9.85. The SMILES string of the molecule is CN(C)c1nc(CNC2CCCC3CC32C)cs1. The summed E-state index contributed by atoms with van der Waals surface area (Å²) in [6, 6.07) is 0.709. The van der Waals surface area contributed by atoms with Crippen LogP contribution in [0.25, 0.3) is 0 Å². The van der Waals surface area contributed by atoms with Crippen molar-refractivity contribution in [1.29, 1.82) is 0 Å². The van der Waals surface area contributed by atoms with Gasteiger partial charge in [0.25, 0.3) is 0 Å². The summed E-state index contributed by atoms with van der Waals surface area (Å²) in [5, 5.41) is 7.03. The zero-order chi connectivity index (χ0) is 12.8. The first-order chi connectivity index (χ1) is 8.59. The first kappa shape index (κ1) is 12.4. The number of aromatic nitrogens is 1. The van der Waals surface area contributed by atoms with Crippen molar-refractivity contribution in [3.63, 3.8) is 0 Å². The van der Waals surface area contributed by atoms with Crippen molar-refractivity contribution in [2.75, 3.05) is 19.0 Å². The number of fused-ring (bicyclic) bond motifs is 1. The van der Waals surface area contributed by atoms with Gasteiger partial charge in [0.2, 0.25) is 0 Å². The van der Waals surface area contributed by atoms with E-state index in [1.165, 1.54) is 31.4 Å². The number of nitrogens with one attached hydrogen (secondary N) is 1. The second kappa shape index (κ2) is 4.49. The van der Waals surface area contributed by atoms with Crippen molar-refractivity contribution in [1.82, 2.24) is 10.3 Å². The zero-order valence-electron chi connectivity index (χ0n) is 11.6. The van der Waals surface area contributed by atoms with Crippen LogP contribution in [0.1, 0.15) is 38.3 Å². The van der Waals surface area contributed by atoms with E-state index in [0.717, 1.165) is 17.6 Å². The van der Waals surface area contributed by atoms with Crippen LogP contribution < -0.4 is 10.2 Å². The predicted octanol–water partition coefficient (Wildman–Crippen LogP) is 2.88. The molecule has 2 saturated carbocycles. The van der Waals surface area contributed by atoms with Gasteiger partial charge in [-0.25, -0.2) is 4.98 Å². The Hall–Kier alpha value is -0.610. The van der Waals surface area contributed by atoms with Crippen LogP contribution in [0.15, 0.2) is 5.38 Å². The monoisotopic (exact) mass is 265 g/mol. The lowest BCUT2D eigenvalue weighted by Crippen LogP contribution is -2.38. The van der Waals surface area contributed by atoms with Gasteiger partial charge in [0, 0.05) is 32.1 Å². The van der Waals surface area contributed by atoms with Gasteiger partial charge in [-0.3, -0.25) is 0 Å². The molecule has 1 N–H and O–H groups in total. The van der Waals surface area contributed by atoms with E-state index in [4.69, 9.17) is 0 Å². The number of hydrogen-bond donors (Lipinski definition) is 1. The molecule has 2 fully saturated rings. The number of anilines is 1. The third-order valence-corrected chi connectivity index (χ3v) is 5.81. The Morgan fingerprint density at radius 3 is 3.06 bits per heavy atom. The van der Waals surface area contributed by atoms with Gasteiger partial charge < -0.3 is 10.2 Å². The first-order valence-corrected chi connectivity index (χ1v) is 7.82. The van der Waals surface area contributed by atoms with E-state index in [2.05, 4.69) is 27.5 Å². The Morgan fingerprint density at radius 2 is 2.33 bits per heavy atom. The average molecular weight is 265 g/mol. The maximum Gasteiger partial charge on any atom is 0.185 e. The molecule has 0 aliphatic heterocycles. The Bertz CT molecular complexity index is 428. The summed E-state index contributed by atoms with van der Waals surface area (Å²) in [6.45, 7) is 3.39. The van der Waals surface area contributed by atoms with Crippen molar-refractivity contribution in [2.45, 2.75) is 45.2 Å². The van der Waals surface area contributed by atoms with Crippen molar-refractivity contribution in [3.05, 3.63) is 11.1 Å². The molecule has 2 aliphatic carbocycles. The quantitative estimate of drug-likeness (QED) is 0.907. The highest BCUT2D eigenvalue weighted by Crippen LogP contribution is 2.60. The number of nitrogens with zero attached hydrogens (tertiary/aromatic N) is 2. The van der Waals surface area contributed by atoms with Gasteiger partial charge in [0.15, 0.2) is 5.13 Å². The summed E-state index contributed by atoms with van der Waals surface area (Å²) in [7, 11) is 4.10. The van der Waals surface area contributed by atoms with Crippen LogP contribution >= 0.6 is 11.3 Å². The highest BCUT2D eigenvalue weighted by Gasteiger charge is 2.56. The molecule has 1 aromatic rings. The maximum atomic E-state index is 4.64. The summed E-state index contributed by atoms with van der Waals surface area (Å²) in [5.74, 6) is 0.997. The van der Waals surface area contributed by atoms with E-state index in [1.807, 2.05) is 14.1 Å². The van der Waals surface area contributed by atoms with E-state index in [-0.39, 0.29) is 0 Å². The average Bonchev–Trinajstić information content (AvgIpc) is 2.82. The Balaban J connectivity index is 1.57. The van der Waals surface area contributed by atoms with Gasteiger partial charge in [0.05, 0.1) is 5.69 Å². The molecular weight excluding hydrogens is 242 g/mol. The topological polar surface area (TPSA) is 28.2 Å². The van der Waals surface area contributed by atoms with Gasteiger partial charge >= 0.3 is 0 Å². The third-order valence-electron chi connectivity index (χ3n) is 4.75. The normalized spacial score (nSPS) is 34.2. The second-order valence-electron chi connectivity index (χ2n) is 6.29. The minimum Gasteiger partial charge on any atom is -0.354 e. The third kappa shape index (κ3) is 2.16. The Labute approximate surface area is 114 Å². The van der Waals surface area contributed by atoms with E-state index in [0.29, 0.717) is 11.5 Å². The minimum absolute atomic E-state index is 0.596. The summed E-state index contributed by atoms with van der Waals surface area (Å²) in [5.41, 5.74) is 1.79. The highest BCUT2D eigenvalue weighted by atomic mass is 32.1. The highest BCUT2D eigenvalue weighted by molar-refractivity contribution is 7.13. The Morgan fingerprint density at radius 1 is 1.50 bits per heavy atom. The van der Waals surface area contributed by atoms with Crippen molar-refractivity contribution in [3.8, 4) is 0 Å². The molecule has 2 aliphatic rings. The van der Waals surface area contributed by atoms with E-state index in [1.54, 1.807) is 11.3 Å². The van der Waals surface area contributed by atoms with Crippen LogP contribution in [0.2, 0.25) is 0 Å². The molecule has 1 heterocycles. The molecule has 3 atom stereocenters. The van der Waals surface area contributed by atoms with Crippen LogP contribution in [-0.4, -0.2) is 25.1 Å². The molecule has 3 rings (SSSR count). The molecule has 18 heavy (non-hydrogen) atoms. The summed E-state index contributed by atoms with van der Waals surface area (Å²) >= 11 is 1.73. The standard InChI is InChI=1S/C14H23N3S/c1-14-7-10(14)5-4-6-12(14)15-8-11-9-18-13(16-11)17(2)3/h9-10,12,15H,4-8H2,1-3H3. The molecule has 3 nitrogen and oxygen atoms in total. The molecule has 0 aromatic carbocycles. The summed E-state index contributed by atoms with van der Waals surface area (Å²) in [6.07, 6.45) is 5.64. The molecule has 100 valence electrons. The molecule has 0 saturated heterocycles. The minimum atomic E-state index is 0.596. The molecular formula is C14H23N3S. The van der Waals surface area contributed by atoms with E-state index < -0.39 is 0 Å². The largest absolute Gasteiger partial charge is 0.354 e. The summed E-state index contributed by atoms with van der Waals surface area (Å²) in [4.78, 5) is 6.71. The van der Waals surface area contributed by atoms with Crippen LogP contribution in [0, 0.1) is 11.3 Å². The molecule has 1 aromatic heterocycles. The van der Waals surface area contributed by atoms with Gasteiger partial charge in [-0.05, 0) is 30.6 Å². The Kier molecular flexibility index (Phi) is 3.10. The lowest BCUT2D eigenvalue weighted by Gasteiger charge is -2.30. The van der Waals surface area contributed by atoms with E-state index in [9.17, 15) is 0 Å². The van der Waals surface area contributed by atoms with Gasteiger partial charge in [-0.1, -0.05) is 13.3 Å². The number of hydrogen-bond acceptors (Lipinski definition) is 4. The van der Waals surface area contributed by atoms with Crippen molar-refractivity contribution >= 4 is 16.5 Å². The molecule has 0 amide bonds. The fourth-order valence-corrected chi connectivity index (χ4v) is 4.13. The molecule has 4 heteroatoms. The fourth-order valence-electron chi connectivity index (χ4n) is 3.37. The fraction of sp³-hybridized carbons (Fsp3) is 0.786. The van der Waals surface area contributed by atoms with Crippen LogP contribution in [0.4, 0.5) is 5.13 Å². The molecule has 3 unspecified atom stereocenters. The summed E-state index contributed by atoms with van der Waals surface area (Å²) < 4.78 is 0. The van der Waals surface area contributed by atoms with Crippen LogP contribution in [0.5, 0.6) is 0 Å². The van der Waals surface area contributed by atoms with Gasteiger partial charge in [-0.15, -0.1) is 11.3 Å². The maximum absolute atomic E-state index is 4.64. The molecule has 0 radical (unpaired) electrons. The smallest absolute Gasteiger partial charge is 0.185 e. The van der Waals surface area contributed by atoms with Crippen molar-refractivity contribution < 1.29 is 0 Å². The van der Waals surface area contributed by atoms with Gasteiger partial charge in [-0.2, -0.15) is 0 Å². The van der Waals surface area contributed by atoms with Gasteiger partial charge in [0.1, 0.15) is 0 Å². The first-order valence-electron chi connectivity index (χ1n) is 6.95. The lowest BCUT2D eigenvalue weighted by molar-refractivity contribution is 0.260. The van der Waals surface area contributed by atoms with Crippen LogP contribution in [0.3, 0.4) is 0 Å². The predicted molar refractivity (Wildman–Crippen MR) is 77.1 cm³/mol. The zero-order valence-corrected chi connectivity index (χ0v) is 12.4. The van der Waals surface area contributed by atoms with Crippen molar-refractivity contribution in [2.24, 2.45) is 11.3 Å². The number of thiazole rings is 1. The molecule has 0 spiro atoms.